The van der Waals surface area contributed by atoms with E-state index >= 15 is 0 Å². The van der Waals surface area contributed by atoms with Gasteiger partial charge in [-0.05, 0) is 35.9 Å². The second-order valence-electron chi connectivity index (χ2n) is 4.63. The summed E-state index contributed by atoms with van der Waals surface area (Å²) in [6, 6.07) is 10.5. The van der Waals surface area contributed by atoms with Gasteiger partial charge in [0, 0.05) is 5.02 Å². The molecule has 21 heavy (non-hydrogen) atoms. The molecule has 0 saturated heterocycles. The monoisotopic (exact) mass is 322 g/mol. The zero-order valence-electron chi connectivity index (χ0n) is 11.1. The summed E-state index contributed by atoms with van der Waals surface area (Å²) in [7, 11) is 1.56. The van der Waals surface area contributed by atoms with Crippen LogP contribution in [0.4, 0.5) is 5.69 Å². The zero-order valence-corrected chi connectivity index (χ0v) is 12.6. The van der Waals surface area contributed by atoms with Crippen LogP contribution in [0.2, 0.25) is 10.0 Å². The maximum absolute atomic E-state index is 12.1. The second-order valence-corrected chi connectivity index (χ2v) is 5.48. The Morgan fingerprint density at radius 3 is 2.62 bits per heavy atom. The fraction of sp³-hybridized carbons (Fsp3) is 0.133. The normalized spacial score (nSPS) is 16.7. The molecule has 108 valence electrons. The minimum Gasteiger partial charge on any atom is -0.495 e. The van der Waals surface area contributed by atoms with Crippen molar-refractivity contribution in [3.05, 3.63) is 57.6 Å². The number of halogens is 2. The Kier molecular flexibility index (Phi) is 3.66. The highest BCUT2D eigenvalue weighted by Gasteiger charge is 2.25. The number of hydrogen-bond acceptors (Lipinski definition) is 3. The lowest BCUT2D eigenvalue weighted by molar-refractivity contribution is 0.0935. The highest BCUT2D eigenvalue weighted by atomic mass is 35.5. The van der Waals surface area contributed by atoms with Crippen molar-refractivity contribution in [3.63, 3.8) is 0 Å². The molecular weight excluding hydrogens is 311 g/mol. The number of ether oxygens (including phenoxy) is 1. The standard InChI is InChI=1S/C15H12Cl2N2O2/c1-21-13-5-2-8(6-11(13)17)14-18-12-7-9(16)3-4-10(12)15(20)19-14/h2-7,14,18H,1H3,(H,19,20)/t14-/m1/s1. The highest BCUT2D eigenvalue weighted by molar-refractivity contribution is 6.32. The average molecular weight is 323 g/mol. The molecule has 1 aliphatic rings. The van der Waals surface area contributed by atoms with Crippen molar-refractivity contribution in [3.8, 4) is 5.75 Å². The fourth-order valence-electron chi connectivity index (χ4n) is 2.26. The molecule has 1 atom stereocenters. The first-order valence-corrected chi connectivity index (χ1v) is 7.04. The topological polar surface area (TPSA) is 50.4 Å². The summed E-state index contributed by atoms with van der Waals surface area (Å²) < 4.78 is 5.12. The molecule has 1 heterocycles. The Hall–Kier alpha value is -1.91. The molecule has 2 aromatic rings. The predicted octanol–water partition coefficient (Wildman–Crippen LogP) is 3.86. The van der Waals surface area contributed by atoms with Crippen LogP contribution in [0.1, 0.15) is 22.1 Å². The van der Waals surface area contributed by atoms with Gasteiger partial charge in [0.15, 0.2) is 0 Å². The first-order valence-electron chi connectivity index (χ1n) is 6.29. The van der Waals surface area contributed by atoms with Crippen molar-refractivity contribution in [2.24, 2.45) is 0 Å². The van der Waals surface area contributed by atoms with E-state index in [1.165, 1.54) is 0 Å². The van der Waals surface area contributed by atoms with Crippen LogP contribution in [0.25, 0.3) is 0 Å². The molecule has 0 bridgehead atoms. The molecule has 1 amide bonds. The van der Waals surface area contributed by atoms with E-state index in [0.29, 0.717) is 27.0 Å². The van der Waals surface area contributed by atoms with E-state index in [1.54, 1.807) is 37.4 Å². The molecular formula is C15H12Cl2N2O2. The third-order valence-electron chi connectivity index (χ3n) is 3.31. The molecule has 0 aromatic heterocycles. The summed E-state index contributed by atoms with van der Waals surface area (Å²) in [6.45, 7) is 0. The number of benzene rings is 2. The molecule has 0 spiro atoms. The summed E-state index contributed by atoms with van der Waals surface area (Å²) in [5, 5.41) is 7.17. The Balaban J connectivity index is 1.95. The molecule has 0 saturated carbocycles. The van der Waals surface area contributed by atoms with Crippen molar-refractivity contribution in [2.45, 2.75) is 6.17 Å². The Labute approximate surface area is 132 Å². The van der Waals surface area contributed by atoms with Crippen LogP contribution in [0.5, 0.6) is 5.75 Å². The third-order valence-corrected chi connectivity index (χ3v) is 3.84. The summed E-state index contributed by atoms with van der Waals surface area (Å²) in [5.41, 5.74) is 2.10. The smallest absolute Gasteiger partial charge is 0.255 e. The van der Waals surface area contributed by atoms with Gasteiger partial charge in [0.2, 0.25) is 0 Å². The Morgan fingerprint density at radius 1 is 1.10 bits per heavy atom. The summed E-state index contributed by atoms with van der Waals surface area (Å²) >= 11 is 12.1. The number of carbonyl (C=O) groups excluding carboxylic acids is 1. The highest BCUT2D eigenvalue weighted by Crippen LogP contribution is 2.32. The van der Waals surface area contributed by atoms with Gasteiger partial charge in [-0.25, -0.2) is 0 Å². The van der Waals surface area contributed by atoms with Gasteiger partial charge >= 0.3 is 0 Å². The maximum Gasteiger partial charge on any atom is 0.255 e. The Bertz CT molecular complexity index is 719. The van der Waals surface area contributed by atoms with E-state index in [0.717, 1.165) is 5.56 Å². The largest absolute Gasteiger partial charge is 0.495 e. The first-order chi connectivity index (χ1) is 10.1. The van der Waals surface area contributed by atoms with E-state index < -0.39 is 0 Å². The van der Waals surface area contributed by atoms with Gasteiger partial charge in [0.05, 0.1) is 23.4 Å². The second kappa shape index (κ2) is 5.47. The van der Waals surface area contributed by atoms with Crippen molar-refractivity contribution in [1.29, 1.82) is 0 Å². The van der Waals surface area contributed by atoms with Crippen molar-refractivity contribution in [1.82, 2.24) is 5.32 Å². The van der Waals surface area contributed by atoms with Crippen LogP contribution >= 0.6 is 23.2 Å². The van der Waals surface area contributed by atoms with Gasteiger partial charge < -0.3 is 15.4 Å². The Morgan fingerprint density at radius 2 is 1.90 bits per heavy atom. The van der Waals surface area contributed by atoms with E-state index in [-0.39, 0.29) is 12.1 Å². The van der Waals surface area contributed by atoms with E-state index in [2.05, 4.69) is 10.6 Å². The van der Waals surface area contributed by atoms with Gasteiger partial charge in [-0.1, -0.05) is 29.3 Å². The lowest BCUT2D eigenvalue weighted by atomic mass is 10.1. The quantitative estimate of drug-likeness (QED) is 0.882. The molecule has 0 aliphatic carbocycles. The van der Waals surface area contributed by atoms with Gasteiger partial charge in [-0.3, -0.25) is 4.79 Å². The maximum atomic E-state index is 12.1. The summed E-state index contributed by atoms with van der Waals surface area (Å²) in [4.78, 5) is 12.1. The van der Waals surface area contributed by atoms with Crippen molar-refractivity contribution >= 4 is 34.8 Å². The van der Waals surface area contributed by atoms with Crippen LogP contribution < -0.4 is 15.4 Å². The molecule has 0 radical (unpaired) electrons. The van der Waals surface area contributed by atoms with Crippen LogP contribution in [0.15, 0.2) is 36.4 Å². The number of hydrogen-bond donors (Lipinski definition) is 2. The molecule has 2 aromatic carbocycles. The molecule has 0 fully saturated rings. The number of fused-ring (bicyclic) bond motifs is 1. The molecule has 1 aliphatic heterocycles. The summed E-state index contributed by atoms with van der Waals surface area (Å²) in [6.07, 6.45) is -0.369. The number of anilines is 1. The number of carbonyl (C=O) groups is 1. The molecule has 3 rings (SSSR count). The van der Waals surface area contributed by atoms with Gasteiger partial charge in [-0.15, -0.1) is 0 Å². The molecule has 6 heteroatoms. The number of rotatable bonds is 2. The molecule has 4 nitrogen and oxygen atoms in total. The third kappa shape index (κ3) is 2.64. The van der Waals surface area contributed by atoms with Crippen LogP contribution in [0.3, 0.4) is 0 Å². The molecule has 2 N–H and O–H groups in total. The minimum atomic E-state index is -0.369. The van der Waals surface area contributed by atoms with Gasteiger partial charge in [0.1, 0.15) is 11.9 Å². The van der Waals surface area contributed by atoms with Crippen molar-refractivity contribution in [2.75, 3.05) is 12.4 Å². The number of amides is 1. The predicted molar refractivity (Wildman–Crippen MR) is 83.3 cm³/mol. The first kappa shape index (κ1) is 14.0. The van der Waals surface area contributed by atoms with Gasteiger partial charge in [0.25, 0.3) is 5.91 Å². The average Bonchev–Trinajstić information content (AvgIpc) is 2.46. The molecule has 0 unspecified atom stereocenters. The van der Waals surface area contributed by atoms with Crippen LogP contribution in [-0.4, -0.2) is 13.0 Å². The van der Waals surface area contributed by atoms with E-state index in [1.807, 2.05) is 6.07 Å². The number of nitrogens with one attached hydrogen (secondary N) is 2. The van der Waals surface area contributed by atoms with Crippen LogP contribution in [-0.2, 0) is 0 Å². The minimum absolute atomic E-state index is 0.155. The zero-order chi connectivity index (χ0) is 15.0. The van der Waals surface area contributed by atoms with Crippen LogP contribution in [0, 0.1) is 0 Å². The fourth-order valence-corrected chi connectivity index (χ4v) is 2.70. The summed E-state index contributed by atoms with van der Waals surface area (Å²) in [5.74, 6) is 0.434. The number of methoxy groups -OCH3 is 1. The lowest BCUT2D eigenvalue weighted by Crippen LogP contribution is -2.38. The van der Waals surface area contributed by atoms with E-state index in [9.17, 15) is 4.79 Å². The SMILES string of the molecule is COc1ccc([C@H]2NC(=O)c3ccc(Cl)cc3N2)cc1Cl. The van der Waals surface area contributed by atoms with Gasteiger partial charge in [-0.2, -0.15) is 0 Å². The van der Waals surface area contributed by atoms with E-state index in [4.69, 9.17) is 27.9 Å². The lowest BCUT2D eigenvalue weighted by Gasteiger charge is -2.28. The van der Waals surface area contributed by atoms with Crippen molar-refractivity contribution < 1.29 is 9.53 Å².